The Morgan fingerprint density at radius 2 is 1.65 bits per heavy atom. The fraction of sp³-hybridized carbons (Fsp3) is 0.652. The Kier molecular flexibility index (Phi) is 9.46. The molecule has 0 spiro atoms. The average Bonchev–Trinajstić information content (AvgIpc) is 2.72. The minimum absolute atomic E-state index is 0. The third-order valence-electron chi connectivity index (χ3n) is 7.29. The van der Waals surface area contributed by atoms with Gasteiger partial charge in [-0.2, -0.15) is 0 Å². The standard InChI is InChI=1S/C23H34N4O2.2ClH/c1-16(28)26-9-11-27(12-10-26)21-8-3-2-5-19(21)15-25-23(29)20-13-17-6-4-7-18(14-20)22(17)24;;/h2-3,5,8,17-18,20,22H,4,6-7,9-15,24H2,1H3,(H,25,29);2*1H. The topological polar surface area (TPSA) is 78.7 Å². The number of nitrogens with one attached hydrogen (secondary N) is 1. The Labute approximate surface area is 198 Å². The van der Waals surface area contributed by atoms with Crippen LogP contribution in [0.2, 0.25) is 0 Å². The van der Waals surface area contributed by atoms with Crippen LogP contribution in [0.4, 0.5) is 5.69 Å². The Hall–Kier alpha value is -1.50. The summed E-state index contributed by atoms with van der Waals surface area (Å²) in [6.07, 6.45) is 5.50. The number of amides is 2. The van der Waals surface area contributed by atoms with E-state index in [-0.39, 0.29) is 42.5 Å². The summed E-state index contributed by atoms with van der Waals surface area (Å²) in [5.74, 6) is 1.47. The van der Waals surface area contributed by atoms with E-state index in [9.17, 15) is 9.59 Å². The number of hydrogen-bond donors (Lipinski definition) is 2. The van der Waals surface area contributed by atoms with Crippen LogP contribution in [0.15, 0.2) is 24.3 Å². The molecule has 1 saturated heterocycles. The van der Waals surface area contributed by atoms with E-state index in [4.69, 9.17) is 5.73 Å². The molecule has 8 heteroatoms. The number of anilines is 1. The number of rotatable bonds is 4. The first-order chi connectivity index (χ1) is 14.0. The van der Waals surface area contributed by atoms with E-state index < -0.39 is 0 Å². The second kappa shape index (κ2) is 11.4. The van der Waals surface area contributed by atoms with E-state index in [1.54, 1.807) is 6.92 Å². The smallest absolute Gasteiger partial charge is 0.223 e. The van der Waals surface area contributed by atoms with Crippen molar-refractivity contribution in [2.75, 3.05) is 31.1 Å². The number of para-hydroxylation sites is 1. The Bertz CT molecular complexity index is 741. The summed E-state index contributed by atoms with van der Waals surface area (Å²) < 4.78 is 0. The molecule has 4 rings (SSSR count). The predicted molar refractivity (Wildman–Crippen MR) is 129 cm³/mol. The molecule has 1 aliphatic heterocycles. The van der Waals surface area contributed by atoms with E-state index in [0.29, 0.717) is 24.4 Å². The van der Waals surface area contributed by atoms with Crippen LogP contribution in [0, 0.1) is 17.8 Å². The van der Waals surface area contributed by atoms with Gasteiger partial charge in [0.2, 0.25) is 11.8 Å². The molecule has 1 aromatic rings. The highest BCUT2D eigenvalue weighted by molar-refractivity contribution is 5.85. The summed E-state index contributed by atoms with van der Waals surface area (Å²) in [5, 5.41) is 3.21. The van der Waals surface area contributed by atoms with Gasteiger partial charge >= 0.3 is 0 Å². The summed E-state index contributed by atoms with van der Waals surface area (Å²) in [6.45, 7) is 5.34. The predicted octanol–water partition coefficient (Wildman–Crippen LogP) is 2.97. The third kappa shape index (κ3) is 5.85. The minimum Gasteiger partial charge on any atom is -0.368 e. The first-order valence-electron chi connectivity index (χ1n) is 11.1. The molecular formula is C23H36Cl2N4O2. The molecular weight excluding hydrogens is 435 g/mol. The molecule has 3 aliphatic rings. The Morgan fingerprint density at radius 1 is 1.03 bits per heavy atom. The molecule has 1 heterocycles. The summed E-state index contributed by atoms with van der Waals surface area (Å²) in [7, 11) is 0. The number of fused-ring (bicyclic) bond motifs is 2. The maximum atomic E-state index is 12.9. The van der Waals surface area contributed by atoms with Crippen LogP contribution < -0.4 is 16.0 Å². The first-order valence-corrected chi connectivity index (χ1v) is 11.1. The van der Waals surface area contributed by atoms with Gasteiger partial charge in [0.15, 0.2) is 0 Å². The van der Waals surface area contributed by atoms with Gasteiger partial charge in [-0.1, -0.05) is 24.6 Å². The maximum absolute atomic E-state index is 12.9. The van der Waals surface area contributed by atoms with Crippen LogP contribution in [-0.2, 0) is 16.1 Å². The Morgan fingerprint density at radius 3 is 2.26 bits per heavy atom. The summed E-state index contributed by atoms with van der Waals surface area (Å²) in [5.41, 5.74) is 8.69. The molecule has 31 heavy (non-hydrogen) atoms. The van der Waals surface area contributed by atoms with Gasteiger partial charge in [-0.25, -0.2) is 0 Å². The summed E-state index contributed by atoms with van der Waals surface area (Å²) >= 11 is 0. The molecule has 2 amide bonds. The molecule has 2 atom stereocenters. The molecule has 1 aromatic carbocycles. The zero-order chi connectivity index (χ0) is 20.4. The van der Waals surface area contributed by atoms with Gasteiger partial charge in [0.25, 0.3) is 0 Å². The summed E-state index contributed by atoms with van der Waals surface area (Å²) in [4.78, 5) is 28.7. The van der Waals surface area contributed by atoms with Crippen LogP contribution in [0.5, 0.6) is 0 Å². The fourth-order valence-electron chi connectivity index (χ4n) is 5.56. The highest BCUT2D eigenvalue weighted by Gasteiger charge is 2.40. The molecule has 3 fully saturated rings. The SMILES string of the molecule is CC(=O)N1CCN(c2ccccc2CNC(=O)C2CC3CCCC(C2)C3N)CC1.Cl.Cl. The molecule has 2 aliphatic carbocycles. The van der Waals surface area contributed by atoms with Crippen LogP contribution >= 0.6 is 24.8 Å². The number of nitrogens with two attached hydrogens (primary N) is 1. The lowest BCUT2D eigenvalue weighted by Gasteiger charge is -2.43. The van der Waals surface area contributed by atoms with Crippen molar-refractivity contribution in [2.45, 2.75) is 51.6 Å². The number of piperazine rings is 1. The molecule has 2 saturated carbocycles. The van der Waals surface area contributed by atoms with Crippen molar-refractivity contribution < 1.29 is 9.59 Å². The molecule has 2 bridgehead atoms. The normalized spacial score (nSPS) is 27.5. The van der Waals surface area contributed by atoms with Gasteiger partial charge in [-0.3, -0.25) is 9.59 Å². The van der Waals surface area contributed by atoms with E-state index in [0.717, 1.165) is 44.6 Å². The van der Waals surface area contributed by atoms with Crippen molar-refractivity contribution in [3.8, 4) is 0 Å². The van der Waals surface area contributed by atoms with E-state index >= 15 is 0 Å². The van der Waals surface area contributed by atoms with Crippen molar-refractivity contribution in [3.05, 3.63) is 29.8 Å². The van der Waals surface area contributed by atoms with E-state index in [1.807, 2.05) is 17.0 Å². The Balaban J connectivity index is 0.00000171. The highest BCUT2D eigenvalue weighted by Crippen LogP contribution is 2.41. The van der Waals surface area contributed by atoms with E-state index in [1.165, 1.54) is 24.9 Å². The molecule has 3 N–H and O–H groups in total. The quantitative estimate of drug-likeness (QED) is 0.708. The lowest BCUT2D eigenvalue weighted by atomic mass is 9.65. The number of hydrogen-bond acceptors (Lipinski definition) is 4. The lowest BCUT2D eigenvalue weighted by molar-refractivity contribution is -0.129. The average molecular weight is 471 g/mol. The number of nitrogens with zero attached hydrogens (tertiary/aromatic N) is 2. The minimum atomic E-state index is 0. The number of carbonyl (C=O) groups is 2. The lowest BCUT2D eigenvalue weighted by Crippen LogP contribution is -2.49. The van der Waals surface area contributed by atoms with Gasteiger partial charge < -0.3 is 20.9 Å². The monoisotopic (exact) mass is 470 g/mol. The van der Waals surface area contributed by atoms with Crippen LogP contribution in [0.25, 0.3) is 0 Å². The highest BCUT2D eigenvalue weighted by atomic mass is 35.5. The molecule has 0 radical (unpaired) electrons. The molecule has 2 unspecified atom stereocenters. The van der Waals surface area contributed by atoms with Crippen molar-refractivity contribution in [2.24, 2.45) is 23.5 Å². The van der Waals surface area contributed by atoms with Crippen LogP contribution in [0.1, 0.15) is 44.6 Å². The number of carbonyl (C=O) groups excluding carboxylic acids is 2. The van der Waals surface area contributed by atoms with E-state index in [2.05, 4.69) is 22.3 Å². The second-order valence-electron chi connectivity index (χ2n) is 9.04. The second-order valence-corrected chi connectivity index (χ2v) is 9.04. The van der Waals surface area contributed by atoms with Crippen molar-refractivity contribution in [1.82, 2.24) is 10.2 Å². The van der Waals surface area contributed by atoms with Gasteiger partial charge in [0.05, 0.1) is 0 Å². The zero-order valence-electron chi connectivity index (χ0n) is 18.3. The summed E-state index contributed by atoms with van der Waals surface area (Å²) in [6, 6.07) is 8.58. The fourth-order valence-corrected chi connectivity index (χ4v) is 5.56. The van der Waals surface area contributed by atoms with Crippen LogP contribution in [-0.4, -0.2) is 48.9 Å². The maximum Gasteiger partial charge on any atom is 0.223 e. The van der Waals surface area contributed by atoms with Crippen LogP contribution in [0.3, 0.4) is 0 Å². The molecule has 0 aromatic heterocycles. The zero-order valence-corrected chi connectivity index (χ0v) is 19.9. The molecule has 6 nitrogen and oxygen atoms in total. The third-order valence-corrected chi connectivity index (χ3v) is 7.29. The molecule has 174 valence electrons. The van der Waals surface area contributed by atoms with Gasteiger partial charge in [0, 0.05) is 57.3 Å². The van der Waals surface area contributed by atoms with Crippen molar-refractivity contribution >= 4 is 42.3 Å². The van der Waals surface area contributed by atoms with Crippen molar-refractivity contribution in [1.29, 1.82) is 0 Å². The largest absolute Gasteiger partial charge is 0.368 e. The van der Waals surface area contributed by atoms with Gasteiger partial charge in [-0.05, 0) is 49.1 Å². The van der Waals surface area contributed by atoms with Gasteiger partial charge in [0.1, 0.15) is 0 Å². The first kappa shape index (κ1) is 25.8. The van der Waals surface area contributed by atoms with Gasteiger partial charge in [-0.15, -0.1) is 24.8 Å². The number of benzene rings is 1. The number of halogens is 2. The van der Waals surface area contributed by atoms with Crippen molar-refractivity contribution in [3.63, 3.8) is 0 Å².